The van der Waals surface area contributed by atoms with Gasteiger partial charge in [-0.3, -0.25) is 0 Å². The van der Waals surface area contributed by atoms with E-state index >= 15 is 0 Å². The Morgan fingerprint density at radius 2 is 2.44 bits per heavy atom. The Balaban J connectivity index is 2.29. The highest BCUT2D eigenvalue weighted by Crippen LogP contribution is 2.14. The molecule has 0 bridgehead atoms. The van der Waals surface area contributed by atoms with Crippen molar-refractivity contribution < 1.29 is 0 Å². The summed E-state index contributed by atoms with van der Waals surface area (Å²) in [4.78, 5) is 0. The van der Waals surface area contributed by atoms with Crippen LogP contribution in [0.2, 0.25) is 0 Å². The average Bonchev–Trinajstić information content (AvgIpc) is 2.73. The number of hydrogen-bond donors (Lipinski definition) is 1. The molecule has 7 heteroatoms. The predicted molar refractivity (Wildman–Crippen MR) is 61.9 cm³/mol. The summed E-state index contributed by atoms with van der Waals surface area (Å²) >= 11 is 1.60. The molecule has 88 valence electrons. The molecule has 1 heterocycles. The van der Waals surface area contributed by atoms with E-state index in [4.69, 9.17) is 5.26 Å². The van der Waals surface area contributed by atoms with Crippen LogP contribution in [-0.2, 0) is 6.54 Å². The second-order valence-electron chi connectivity index (χ2n) is 3.15. The lowest BCUT2D eigenvalue weighted by Crippen LogP contribution is -2.20. The van der Waals surface area contributed by atoms with Crippen LogP contribution in [0.15, 0.2) is 5.16 Å². The van der Waals surface area contributed by atoms with Crippen LogP contribution in [-0.4, -0.2) is 39.0 Å². The first kappa shape index (κ1) is 12.9. The van der Waals surface area contributed by atoms with Crippen molar-refractivity contribution in [1.29, 1.82) is 5.26 Å². The molecule has 0 aliphatic carbocycles. The van der Waals surface area contributed by atoms with Crippen molar-refractivity contribution in [2.45, 2.75) is 31.5 Å². The van der Waals surface area contributed by atoms with Crippen LogP contribution in [0.25, 0.3) is 0 Å². The van der Waals surface area contributed by atoms with E-state index in [2.05, 4.69) is 33.8 Å². The first-order valence-electron chi connectivity index (χ1n) is 5.35. The van der Waals surface area contributed by atoms with Gasteiger partial charge in [-0.15, -0.1) is 5.10 Å². The van der Waals surface area contributed by atoms with Crippen molar-refractivity contribution in [1.82, 2.24) is 25.5 Å². The smallest absolute Gasteiger partial charge is 0.209 e. The molecule has 0 radical (unpaired) electrons. The summed E-state index contributed by atoms with van der Waals surface area (Å²) in [7, 11) is 0. The van der Waals surface area contributed by atoms with E-state index in [0.717, 1.165) is 37.0 Å². The largest absolute Gasteiger partial charge is 0.315 e. The van der Waals surface area contributed by atoms with Gasteiger partial charge in [-0.2, -0.15) is 5.26 Å². The Morgan fingerprint density at radius 1 is 1.56 bits per heavy atom. The quantitative estimate of drug-likeness (QED) is 0.531. The number of thioether (sulfide) groups is 1. The predicted octanol–water partition coefficient (Wildman–Crippen LogP) is 0.678. The zero-order valence-corrected chi connectivity index (χ0v) is 10.2. The number of likely N-dealkylation sites (N-methyl/N-ethyl adjacent to an activating group) is 1. The van der Waals surface area contributed by atoms with E-state index < -0.39 is 0 Å². The molecule has 0 fully saturated rings. The number of tetrazole rings is 1. The summed E-state index contributed by atoms with van der Waals surface area (Å²) < 4.78 is 1.79. The molecule has 1 aromatic heterocycles. The van der Waals surface area contributed by atoms with Gasteiger partial charge in [-0.05, 0) is 23.4 Å². The highest BCUT2D eigenvalue weighted by molar-refractivity contribution is 7.99. The Hall–Kier alpha value is -1.13. The van der Waals surface area contributed by atoms with E-state index in [-0.39, 0.29) is 0 Å². The minimum atomic E-state index is 0.589. The zero-order valence-electron chi connectivity index (χ0n) is 9.39. The van der Waals surface area contributed by atoms with Crippen molar-refractivity contribution >= 4 is 11.8 Å². The Bertz CT molecular complexity index is 331. The third-order valence-electron chi connectivity index (χ3n) is 1.91. The zero-order chi connectivity index (χ0) is 11.6. The van der Waals surface area contributed by atoms with Crippen molar-refractivity contribution in [3.05, 3.63) is 0 Å². The van der Waals surface area contributed by atoms with Crippen molar-refractivity contribution in [3.8, 4) is 6.07 Å². The highest BCUT2D eigenvalue weighted by atomic mass is 32.2. The molecule has 0 aliphatic heterocycles. The first-order valence-corrected chi connectivity index (χ1v) is 6.33. The number of nitrogens with one attached hydrogen (secondary N) is 1. The number of unbranched alkanes of at least 4 members (excludes halogenated alkanes) is 1. The van der Waals surface area contributed by atoms with Gasteiger partial charge in [0.1, 0.15) is 0 Å². The Kier molecular flexibility index (Phi) is 6.53. The summed E-state index contributed by atoms with van der Waals surface area (Å²) in [5, 5.41) is 24.0. The lowest BCUT2D eigenvalue weighted by atomic mass is 10.4. The number of aromatic nitrogens is 4. The maximum atomic E-state index is 8.41. The fraction of sp³-hybridized carbons (Fsp3) is 0.778. The second kappa shape index (κ2) is 8.07. The SMILES string of the molecule is CCNCCn1nnnc1SCCCC#N. The van der Waals surface area contributed by atoms with Gasteiger partial charge in [0.2, 0.25) is 5.16 Å². The van der Waals surface area contributed by atoms with Gasteiger partial charge in [0.25, 0.3) is 0 Å². The molecule has 0 amide bonds. The van der Waals surface area contributed by atoms with E-state index in [1.165, 1.54) is 0 Å². The van der Waals surface area contributed by atoms with Gasteiger partial charge in [0.15, 0.2) is 0 Å². The van der Waals surface area contributed by atoms with Crippen molar-refractivity contribution in [2.24, 2.45) is 0 Å². The fourth-order valence-corrected chi connectivity index (χ4v) is 1.96. The van der Waals surface area contributed by atoms with E-state index in [9.17, 15) is 0 Å². The third-order valence-corrected chi connectivity index (χ3v) is 2.96. The van der Waals surface area contributed by atoms with Crippen molar-refractivity contribution in [3.63, 3.8) is 0 Å². The van der Waals surface area contributed by atoms with Crippen LogP contribution < -0.4 is 5.32 Å². The van der Waals surface area contributed by atoms with Crippen LogP contribution in [0.4, 0.5) is 0 Å². The maximum Gasteiger partial charge on any atom is 0.209 e. The second-order valence-corrected chi connectivity index (χ2v) is 4.21. The van der Waals surface area contributed by atoms with Gasteiger partial charge in [0.05, 0.1) is 12.6 Å². The molecule has 1 aromatic rings. The third kappa shape index (κ3) is 4.59. The van der Waals surface area contributed by atoms with Gasteiger partial charge in [-0.1, -0.05) is 18.7 Å². The van der Waals surface area contributed by atoms with Crippen LogP contribution in [0.3, 0.4) is 0 Å². The van der Waals surface area contributed by atoms with Gasteiger partial charge in [-0.25, -0.2) is 4.68 Å². The summed E-state index contributed by atoms with van der Waals surface area (Å²) in [5.41, 5.74) is 0. The van der Waals surface area contributed by atoms with Gasteiger partial charge in [0, 0.05) is 18.7 Å². The number of nitrogens with zero attached hydrogens (tertiary/aromatic N) is 5. The average molecular weight is 240 g/mol. The monoisotopic (exact) mass is 240 g/mol. The van der Waals surface area contributed by atoms with Crippen LogP contribution in [0, 0.1) is 11.3 Å². The highest BCUT2D eigenvalue weighted by Gasteiger charge is 2.05. The van der Waals surface area contributed by atoms with E-state index in [1.807, 2.05) is 0 Å². The Labute approximate surface area is 99.4 Å². The molecule has 1 N–H and O–H groups in total. The molecule has 0 spiro atoms. The number of nitriles is 1. The first-order chi connectivity index (χ1) is 7.88. The molecule has 0 unspecified atom stereocenters. The maximum absolute atomic E-state index is 8.41. The molecular formula is C9H16N6S. The topological polar surface area (TPSA) is 79.4 Å². The number of hydrogen-bond acceptors (Lipinski definition) is 6. The Morgan fingerprint density at radius 3 is 3.19 bits per heavy atom. The molecule has 16 heavy (non-hydrogen) atoms. The molecule has 0 aromatic carbocycles. The van der Waals surface area contributed by atoms with Crippen LogP contribution >= 0.6 is 11.8 Å². The number of rotatable bonds is 8. The molecule has 0 saturated heterocycles. The normalized spacial score (nSPS) is 10.2. The summed E-state index contributed by atoms with van der Waals surface area (Å²) in [6, 6.07) is 2.12. The molecular weight excluding hydrogens is 224 g/mol. The minimum absolute atomic E-state index is 0.589. The molecule has 6 nitrogen and oxygen atoms in total. The fourth-order valence-electron chi connectivity index (χ4n) is 1.12. The lowest BCUT2D eigenvalue weighted by molar-refractivity contribution is 0.517. The van der Waals surface area contributed by atoms with Crippen molar-refractivity contribution in [2.75, 3.05) is 18.8 Å². The summed E-state index contributed by atoms with van der Waals surface area (Å²) in [6.07, 6.45) is 1.47. The van der Waals surface area contributed by atoms with Crippen LogP contribution in [0.1, 0.15) is 19.8 Å². The molecule has 0 saturated carbocycles. The van der Waals surface area contributed by atoms with E-state index in [1.54, 1.807) is 16.4 Å². The standard InChI is InChI=1S/C9H16N6S/c1-2-11-6-7-15-9(12-13-14-15)16-8-4-3-5-10/h11H,2-4,6-8H2,1H3. The van der Waals surface area contributed by atoms with Crippen LogP contribution in [0.5, 0.6) is 0 Å². The molecule has 0 aliphatic rings. The minimum Gasteiger partial charge on any atom is -0.315 e. The summed E-state index contributed by atoms with van der Waals surface area (Å²) in [6.45, 7) is 4.67. The summed E-state index contributed by atoms with van der Waals surface area (Å²) in [5.74, 6) is 0.884. The molecule has 1 rings (SSSR count). The van der Waals surface area contributed by atoms with Gasteiger partial charge < -0.3 is 5.32 Å². The van der Waals surface area contributed by atoms with E-state index in [0.29, 0.717) is 6.42 Å². The molecule has 0 atom stereocenters. The van der Waals surface area contributed by atoms with Gasteiger partial charge >= 0.3 is 0 Å². The lowest BCUT2D eigenvalue weighted by Gasteiger charge is -2.03.